The maximum Gasteiger partial charge on any atom is 0.321 e. The Labute approximate surface area is 171 Å². The highest BCUT2D eigenvalue weighted by Gasteiger charge is 2.38. The molecule has 1 fully saturated rings. The van der Waals surface area contributed by atoms with Crippen molar-refractivity contribution in [2.45, 2.75) is 45.3 Å². The number of thiazole rings is 1. The summed E-state index contributed by atoms with van der Waals surface area (Å²) in [6.45, 7) is 2.54. The van der Waals surface area contributed by atoms with Crippen molar-refractivity contribution in [3.8, 4) is 0 Å². The number of carbonyl (C=O) groups is 4. The number of benzene rings is 1. The molecule has 0 radical (unpaired) electrons. The standard InChI is InChI=1S/C20H20N4O4S/c1-11-8-22-20(29-11)23-19(28)21-9-12-2-3-13-10-24(18(27)15(13)6-12)16-5-4-14(25)7-17(16)26/h2-3,6,8,16H,4-5,7,9-10H2,1H3,(H2,21,22,23,28). The number of anilines is 1. The van der Waals surface area contributed by atoms with Crippen molar-refractivity contribution in [3.63, 3.8) is 0 Å². The Morgan fingerprint density at radius 1 is 1.31 bits per heavy atom. The predicted molar refractivity (Wildman–Crippen MR) is 107 cm³/mol. The van der Waals surface area contributed by atoms with Crippen LogP contribution in [0.1, 0.15) is 45.6 Å². The second-order valence-electron chi connectivity index (χ2n) is 7.24. The molecule has 1 unspecified atom stereocenters. The van der Waals surface area contributed by atoms with E-state index in [9.17, 15) is 19.2 Å². The van der Waals surface area contributed by atoms with Gasteiger partial charge in [0, 0.05) is 36.1 Å². The van der Waals surface area contributed by atoms with Gasteiger partial charge in [-0.25, -0.2) is 9.78 Å². The summed E-state index contributed by atoms with van der Waals surface area (Å²) < 4.78 is 0. The SMILES string of the molecule is Cc1cnc(NC(=O)NCc2ccc3c(c2)C(=O)N(C2CCC(=O)CC2=O)C3)s1. The number of aromatic nitrogens is 1. The van der Waals surface area contributed by atoms with Crippen LogP contribution in [0, 0.1) is 6.92 Å². The van der Waals surface area contributed by atoms with Crippen molar-refractivity contribution in [1.82, 2.24) is 15.2 Å². The monoisotopic (exact) mass is 412 g/mol. The first kappa shape index (κ1) is 19.3. The van der Waals surface area contributed by atoms with Gasteiger partial charge in [0.15, 0.2) is 10.9 Å². The third-order valence-electron chi connectivity index (χ3n) is 5.12. The number of Topliss-reactive ketones (excluding diaryl/α,β-unsaturated/α-hetero) is 2. The van der Waals surface area contributed by atoms with E-state index in [0.29, 0.717) is 30.1 Å². The van der Waals surface area contributed by atoms with E-state index in [2.05, 4.69) is 15.6 Å². The number of carbonyl (C=O) groups excluding carboxylic acids is 4. The molecule has 0 bridgehead atoms. The van der Waals surface area contributed by atoms with Gasteiger partial charge in [0.05, 0.1) is 12.5 Å². The van der Waals surface area contributed by atoms with E-state index < -0.39 is 6.04 Å². The highest BCUT2D eigenvalue weighted by Crippen LogP contribution is 2.29. The third kappa shape index (κ3) is 4.04. The van der Waals surface area contributed by atoms with E-state index in [1.807, 2.05) is 19.1 Å². The molecule has 3 amide bonds. The molecule has 0 spiro atoms. The molecule has 1 saturated carbocycles. The van der Waals surface area contributed by atoms with Crippen LogP contribution in [0.4, 0.5) is 9.93 Å². The van der Waals surface area contributed by atoms with E-state index in [0.717, 1.165) is 16.0 Å². The fourth-order valence-corrected chi connectivity index (χ4v) is 4.32. The third-order valence-corrected chi connectivity index (χ3v) is 5.95. The first-order valence-corrected chi connectivity index (χ1v) is 10.2. The summed E-state index contributed by atoms with van der Waals surface area (Å²) >= 11 is 1.39. The molecule has 0 saturated heterocycles. The molecule has 1 aromatic heterocycles. The Kier molecular flexibility index (Phi) is 5.14. The van der Waals surface area contributed by atoms with Crippen LogP contribution in [0.5, 0.6) is 0 Å². The second-order valence-corrected chi connectivity index (χ2v) is 8.48. The fraction of sp³-hybridized carbons (Fsp3) is 0.350. The van der Waals surface area contributed by atoms with Gasteiger partial charge in [-0.15, -0.1) is 11.3 Å². The quantitative estimate of drug-likeness (QED) is 0.750. The number of fused-ring (bicyclic) bond motifs is 1. The topological polar surface area (TPSA) is 108 Å². The molecular weight excluding hydrogens is 392 g/mol. The molecule has 1 aliphatic heterocycles. The number of ketones is 2. The van der Waals surface area contributed by atoms with Crippen LogP contribution in [-0.4, -0.2) is 39.4 Å². The summed E-state index contributed by atoms with van der Waals surface area (Å²) in [5.41, 5.74) is 2.19. The number of nitrogens with zero attached hydrogens (tertiary/aromatic N) is 2. The lowest BCUT2D eigenvalue weighted by Crippen LogP contribution is -2.44. The Morgan fingerprint density at radius 2 is 2.14 bits per heavy atom. The summed E-state index contributed by atoms with van der Waals surface area (Å²) in [7, 11) is 0. The van der Waals surface area contributed by atoms with Crippen LogP contribution in [0.15, 0.2) is 24.4 Å². The number of nitrogens with one attached hydrogen (secondary N) is 2. The van der Waals surface area contributed by atoms with E-state index >= 15 is 0 Å². The van der Waals surface area contributed by atoms with Crippen LogP contribution in [0.3, 0.4) is 0 Å². The molecule has 8 nitrogen and oxygen atoms in total. The lowest BCUT2D eigenvalue weighted by molar-refractivity contribution is -0.133. The minimum Gasteiger partial charge on any atom is -0.334 e. The maximum atomic E-state index is 12.8. The zero-order chi connectivity index (χ0) is 20.5. The minimum atomic E-state index is -0.526. The molecule has 1 aliphatic carbocycles. The number of amides is 3. The lowest BCUT2D eigenvalue weighted by Gasteiger charge is -2.29. The van der Waals surface area contributed by atoms with Crippen molar-refractivity contribution in [3.05, 3.63) is 46.0 Å². The summed E-state index contributed by atoms with van der Waals surface area (Å²) in [5.74, 6) is -0.439. The molecule has 1 aromatic carbocycles. The minimum absolute atomic E-state index is 0.0602. The van der Waals surface area contributed by atoms with Gasteiger partial charge in [0.1, 0.15) is 5.78 Å². The van der Waals surface area contributed by atoms with E-state index in [1.165, 1.54) is 11.3 Å². The summed E-state index contributed by atoms with van der Waals surface area (Å²) in [6.07, 6.45) is 2.32. The first-order chi connectivity index (χ1) is 13.9. The average Bonchev–Trinajstić information content (AvgIpc) is 3.23. The second kappa shape index (κ2) is 7.75. The first-order valence-electron chi connectivity index (χ1n) is 9.35. The van der Waals surface area contributed by atoms with Crippen LogP contribution in [0.2, 0.25) is 0 Å². The van der Waals surface area contributed by atoms with Gasteiger partial charge in [-0.1, -0.05) is 12.1 Å². The van der Waals surface area contributed by atoms with Gasteiger partial charge in [-0.05, 0) is 30.5 Å². The van der Waals surface area contributed by atoms with Gasteiger partial charge >= 0.3 is 6.03 Å². The van der Waals surface area contributed by atoms with Crippen molar-refractivity contribution in [2.75, 3.05) is 5.32 Å². The normalized spacial score (nSPS) is 18.7. The zero-order valence-corrected chi connectivity index (χ0v) is 16.7. The number of hydrogen-bond acceptors (Lipinski definition) is 6. The van der Waals surface area contributed by atoms with Gasteiger partial charge in [-0.2, -0.15) is 0 Å². The number of aryl methyl sites for hydroxylation is 1. The van der Waals surface area contributed by atoms with Crippen molar-refractivity contribution in [2.24, 2.45) is 0 Å². The van der Waals surface area contributed by atoms with E-state index in [1.54, 1.807) is 17.2 Å². The van der Waals surface area contributed by atoms with Gasteiger partial charge < -0.3 is 10.2 Å². The van der Waals surface area contributed by atoms with Crippen molar-refractivity contribution >= 4 is 40.0 Å². The van der Waals surface area contributed by atoms with Crippen LogP contribution in [-0.2, 0) is 22.7 Å². The number of hydrogen-bond donors (Lipinski definition) is 2. The summed E-state index contributed by atoms with van der Waals surface area (Å²) in [6, 6.07) is 4.57. The molecule has 150 valence electrons. The lowest BCUT2D eigenvalue weighted by atomic mass is 9.92. The Bertz CT molecular complexity index is 1020. The highest BCUT2D eigenvalue weighted by molar-refractivity contribution is 7.15. The summed E-state index contributed by atoms with van der Waals surface area (Å²) in [5, 5.41) is 5.94. The van der Waals surface area contributed by atoms with Gasteiger partial charge in [0.2, 0.25) is 0 Å². The predicted octanol–water partition coefficient (Wildman–Crippen LogP) is 2.42. The van der Waals surface area contributed by atoms with Crippen LogP contribution in [0.25, 0.3) is 0 Å². The molecule has 2 aliphatic rings. The number of urea groups is 1. The molecule has 4 rings (SSSR count). The van der Waals surface area contributed by atoms with E-state index in [4.69, 9.17) is 0 Å². The molecule has 29 heavy (non-hydrogen) atoms. The van der Waals surface area contributed by atoms with Gasteiger partial charge in [-0.3, -0.25) is 19.7 Å². The Hall–Kier alpha value is -3.07. The number of rotatable bonds is 4. The molecule has 2 heterocycles. The highest BCUT2D eigenvalue weighted by atomic mass is 32.1. The van der Waals surface area contributed by atoms with Crippen molar-refractivity contribution in [1.29, 1.82) is 0 Å². The Balaban J connectivity index is 1.39. The molecular formula is C20H20N4O4S. The zero-order valence-electron chi connectivity index (χ0n) is 15.9. The largest absolute Gasteiger partial charge is 0.334 e. The maximum absolute atomic E-state index is 12.8. The smallest absolute Gasteiger partial charge is 0.321 e. The van der Waals surface area contributed by atoms with Crippen molar-refractivity contribution < 1.29 is 19.2 Å². The van der Waals surface area contributed by atoms with Gasteiger partial charge in [0.25, 0.3) is 5.91 Å². The molecule has 2 aromatic rings. The summed E-state index contributed by atoms with van der Waals surface area (Å²) in [4.78, 5) is 55.2. The average molecular weight is 412 g/mol. The molecule has 1 atom stereocenters. The van der Waals surface area contributed by atoms with Crippen LogP contribution >= 0.6 is 11.3 Å². The fourth-order valence-electron chi connectivity index (χ4n) is 3.66. The Morgan fingerprint density at radius 3 is 2.86 bits per heavy atom. The molecule has 9 heteroatoms. The van der Waals surface area contributed by atoms with E-state index in [-0.39, 0.29) is 36.5 Å². The van der Waals surface area contributed by atoms with Crippen LogP contribution < -0.4 is 10.6 Å². The molecule has 2 N–H and O–H groups in total.